The van der Waals surface area contributed by atoms with E-state index in [1.807, 2.05) is 0 Å². The van der Waals surface area contributed by atoms with Crippen molar-refractivity contribution < 1.29 is 19.1 Å². The van der Waals surface area contributed by atoms with E-state index in [1.54, 1.807) is 48.9 Å². The van der Waals surface area contributed by atoms with Gasteiger partial charge in [0.2, 0.25) is 5.78 Å². The van der Waals surface area contributed by atoms with E-state index in [2.05, 4.69) is 0 Å². The Hall–Kier alpha value is -2.18. The number of hydrogen-bond acceptors (Lipinski definition) is 6. The number of ketones is 1. The highest BCUT2D eigenvalue weighted by atomic mass is 32.1. The van der Waals surface area contributed by atoms with Gasteiger partial charge >= 0.3 is 5.97 Å². The van der Waals surface area contributed by atoms with Crippen LogP contribution >= 0.6 is 11.3 Å². The van der Waals surface area contributed by atoms with Gasteiger partial charge in [0, 0.05) is 6.04 Å². The lowest BCUT2D eigenvalue weighted by atomic mass is 10.0. The summed E-state index contributed by atoms with van der Waals surface area (Å²) < 4.78 is 10.0. The van der Waals surface area contributed by atoms with Crippen molar-refractivity contribution in [3.8, 4) is 5.75 Å². The van der Waals surface area contributed by atoms with E-state index in [0.29, 0.717) is 4.88 Å². The Kier molecular flexibility index (Phi) is 5.68. The van der Waals surface area contributed by atoms with Crippen molar-refractivity contribution in [1.29, 1.82) is 0 Å². The molecule has 0 aliphatic heterocycles. The summed E-state index contributed by atoms with van der Waals surface area (Å²) in [6.07, 6.45) is 0.0179. The fraction of sp³-hybridized carbons (Fsp3) is 0.250. The predicted octanol–water partition coefficient (Wildman–Crippen LogP) is 2.57. The standard InChI is InChI=1S/C16H17NO4S/c1-20-12-6-4-11(5-7-12)13(17)9-16(19)21-10-14(18)15-3-2-8-22-15/h2-8,13H,9-10,17H2,1H3. The first kappa shape index (κ1) is 16.2. The maximum atomic E-state index is 11.7. The number of ether oxygens (including phenoxy) is 2. The Balaban J connectivity index is 1.81. The zero-order chi connectivity index (χ0) is 15.9. The highest BCUT2D eigenvalue weighted by Gasteiger charge is 2.15. The molecule has 6 heteroatoms. The summed E-state index contributed by atoms with van der Waals surface area (Å²) in [5.41, 5.74) is 6.77. The largest absolute Gasteiger partial charge is 0.497 e. The highest BCUT2D eigenvalue weighted by molar-refractivity contribution is 7.12. The SMILES string of the molecule is COc1ccc(C(N)CC(=O)OCC(=O)c2cccs2)cc1. The van der Waals surface area contributed by atoms with Gasteiger partial charge in [-0.15, -0.1) is 11.3 Å². The lowest BCUT2D eigenvalue weighted by Crippen LogP contribution is -2.19. The number of Topliss-reactive ketones (excluding diaryl/α,β-unsaturated/α-hetero) is 1. The second-order valence-electron chi connectivity index (χ2n) is 4.64. The van der Waals surface area contributed by atoms with Gasteiger partial charge in [-0.3, -0.25) is 9.59 Å². The van der Waals surface area contributed by atoms with Gasteiger partial charge in [-0.1, -0.05) is 18.2 Å². The van der Waals surface area contributed by atoms with Crippen molar-refractivity contribution >= 4 is 23.1 Å². The minimum absolute atomic E-state index is 0.0179. The third-order valence-corrected chi connectivity index (χ3v) is 4.00. The summed E-state index contributed by atoms with van der Waals surface area (Å²) in [4.78, 5) is 24.0. The topological polar surface area (TPSA) is 78.6 Å². The van der Waals surface area contributed by atoms with Gasteiger partial charge in [0.1, 0.15) is 5.75 Å². The number of esters is 1. The molecule has 0 bridgehead atoms. The van der Waals surface area contributed by atoms with Crippen LogP contribution in [0.2, 0.25) is 0 Å². The van der Waals surface area contributed by atoms with E-state index in [1.165, 1.54) is 11.3 Å². The Morgan fingerprint density at radius 3 is 2.55 bits per heavy atom. The summed E-state index contributed by atoms with van der Waals surface area (Å²) in [7, 11) is 1.58. The van der Waals surface area contributed by atoms with E-state index >= 15 is 0 Å². The summed E-state index contributed by atoms with van der Waals surface area (Å²) in [5.74, 6) is 0.0228. The minimum Gasteiger partial charge on any atom is -0.497 e. The Labute approximate surface area is 132 Å². The third-order valence-electron chi connectivity index (χ3n) is 3.09. The molecule has 1 aromatic carbocycles. The maximum Gasteiger partial charge on any atom is 0.308 e. The molecule has 0 aliphatic carbocycles. The van der Waals surface area contributed by atoms with Crippen molar-refractivity contribution in [3.05, 3.63) is 52.2 Å². The van der Waals surface area contributed by atoms with Gasteiger partial charge in [0.15, 0.2) is 6.61 Å². The van der Waals surface area contributed by atoms with Crippen LogP contribution in [0.25, 0.3) is 0 Å². The number of thiophene rings is 1. The van der Waals surface area contributed by atoms with E-state index in [9.17, 15) is 9.59 Å². The van der Waals surface area contributed by atoms with Gasteiger partial charge in [-0.25, -0.2) is 0 Å². The summed E-state index contributed by atoms with van der Waals surface area (Å²) in [6.45, 7) is -0.255. The van der Waals surface area contributed by atoms with Gasteiger partial charge in [-0.2, -0.15) is 0 Å². The molecule has 0 saturated heterocycles. The first-order valence-electron chi connectivity index (χ1n) is 6.72. The van der Waals surface area contributed by atoms with Crippen LogP contribution in [0.15, 0.2) is 41.8 Å². The number of rotatable bonds is 7. The molecule has 0 fully saturated rings. The number of benzene rings is 1. The lowest BCUT2D eigenvalue weighted by Gasteiger charge is -2.12. The van der Waals surface area contributed by atoms with Crippen molar-refractivity contribution in [2.75, 3.05) is 13.7 Å². The fourth-order valence-electron chi connectivity index (χ4n) is 1.86. The molecule has 2 N–H and O–H groups in total. The van der Waals surface area contributed by atoms with E-state index < -0.39 is 12.0 Å². The Morgan fingerprint density at radius 2 is 1.95 bits per heavy atom. The van der Waals surface area contributed by atoms with E-state index in [4.69, 9.17) is 15.2 Å². The molecule has 1 unspecified atom stereocenters. The van der Waals surface area contributed by atoms with Crippen molar-refractivity contribution in [3.63, 3.8) is 0 Å². The molecule has 1 aromatic heterocycles. The van der Waals surface area contributed by atoms with Crippen LogP contribution < -0.4 is 10.5 Å². The molecule has 1 heterocycles. The zero-order valence-corrected chi connectivity index (χ0v) is 13.0. The number of carbonyl (C=O) groups excluding carboxylic acids is 2. The molecule has 116 valence electrons. The number of hydrogen-bond donors (Lipinski definition) is 1. The molecule has 1 atom stereocenters. The van der Waals surface area contributed by atoms with Gasteiger partial charge < -0.3 is 15.2 Å². The molecular formula is C16H17NO4S. The average Bonchev–Trinajstić information content (AvgIpc) is 3.07. The smallest absolute Gasteiger partial charge is 0.308 e. The van der Waals surface area contributed by atoms with E-state index in [-0.39, 0.29) is 18.8 Å². The molecule has 5 nitrogen and oxygen atoms in total. The Morgan fingerprint density at radius 1 is 1.23 bits per heavy atom. The van der Waals surface area contributed by atoms with Crippen LogP contribution in [0.5, 0.6) is 5.75 Å². The quantitative estimate of drug-likeness (QED) is 0.627. The third kappa shape index (κ3) is 4.41. The van der Waals surface area contributed by atoms with Crippen molar-refractivity contribution in [2.24, 2.45) is 5.73 Å². The number of methoxy groups -OCH3 is 1. The monoisotopic (exact) mass is 319 g/mol. The van der Waals surface area contributed by atoms with Gasteiger partial charge in [0.05, 0.1) is 18.4 Å². The average molecular weight is 319 g/mol. The minimum atomic E-state index is -0.492. The van der Waals surface area contributed by atoms with Crippen molar-refractivity contribution in [1.82, 2.24) is 0 Å². The predicted molar refractivity (Wildman–Crippen MR) is 84.1 cm³/mol. The van der Waals surface area contributed by atoms with Crippen LogP contribution in [0.1, 0.15) is 27.7 Å². The molecule has 0 spiro atoms. The molecule has 2 rings (SSSR count). The van der Waals surface area contributed by atoms with Crippen LogP contribution in [0, 0.1) is 0 Å². The molecule has 0 aliphatic rings. The molecule has 0 radical (unpaired) electrons. The highest BCUT2D eigenvalue weighted by Crippen LogP contribution is 2.18. The fourth-order valence-corrected chi connectivity index (χ4v) is 2.51. The van der Waals surface area contributed by atoms with Crippen LogP contribution in [-0.4, -0.2) is 25.5 Å². The zero-order valence-electron chi connectivity index (χ0n) is 12.2. The molecule has 0 saturated carbocycles. The van der Waals surface area contributed by atoms with E-state index in [0.717, 1.165) is 11.3 Å². The normalized spacial score (nSPS) is 11.7. The second-order valence-corrected chi connectivity index (χ2v) is 5.59. The van der Waals surface area contributed by atoms with Crippen LogP contribution in [0.4, 0.5) is 0 Å². The van der Waals surface area contributed by atoms with Gasteiger partial charge in [-0.05, 0) is 29.1 Å². The first-order chi connectivity index (χ1) is 10.6. The number of nitrogens with two attached hydrogens (primary N) is 1. The van der Waals surface area contributed by atoms with Crippen LogP contribution in [-0.2, 0) is 9.53 Å². The number of carbonyl (C=O) groups is 2. The molecule has 0 amide bonds. The molecular weight excluding hydrogens is 302 g/mol. The lowest BCUT2D eigenvalue weighted by molar-refractivity contribution is -0.142. The maximum absolute atomic E-state index is 11.7. The molecule has 2 aromatic rings. The first-order valence-corrected chi connectivity index (χ1v) is 7.60. The van der Waals surface area contributed by atoms with Crippen LogP contribution in [0.3, 0.4) is 0 Å². The Bertz CT molecular complexity index is 622. The summed E-state index contributed by atoms with van der Waals surface area (Å²) >= 11 is 1.32. The summed E-state index contributed by atoms with van der Waals surface area (Å²) in [5, 5.41) is 1.80. The second kappa shape index (κ2) is 7.72. The van der Waals surface area contributed by atoms with Crippen molar-refractivity contribution in [2.45, 2.75) is 12.5 Å². The van der Waals surface area contributed by atoms with Gasteiger partial charge in [0.25, 0.3) is 0 Å². The summed E-state index contributed by atoms with van der Waals surface area (Å²) in [6, 6.07) is 10.2. The molecule has 22 heavy (non-hydrogen) atoms.